The minimum absolute atomic E-state index is 0.0161. The van der Waals surface area contributed by atoms with E-state index in [2.05, 4.69) is 14.7 Å². The molecule has 2 rings (SSSR count). The number of nitrogens with one attached hydrogen (secondary N) is 1. The van der Waals surface area contributed by atoms with Crippen molar-refractivity contribution in [1.82, 2.24) is 14.7 Å². The van der Waals surface area contributed by atoms with Crippen LogP contribution in [0, 0.1) is 5.41 Å². The van der Waals surface area contributed by atoms with Gasteiger partial charge in [0, 0.05) is 18.1 Å². The van der Waals surface area contributed by atoms with Crippen LogP contribution in [0.2, 0.25) is 0 Å². The summed E-state index contributed by atoms with van der Waals surface area (Å²) < 4.78 is 32.7. The topological polar surface area (TPSA) is 107 Å². The number of anilines is 1. The van der Waals surface area contributed by atoms with Gasteiger partial charge in [-0.1, -0.05) is 13.8 Å². The van der Waals surface area contributed by atoms with Gasteiger partial charge in [0.2, 0.25) is 16.0 Å². The summed E-state index contributed by atoms with van der Waals surface area (Å²) in [5.74, 6) is 0.0457. The Morgan fingerprint density at radius 3 is 2.55 bits per heavy atom. The lowest BCUT2D eigenvalue weighted by Gasteiger charge is -2.51. The van der Waals surface area contributed by atoms with Gasteiger partial charge in [0.05, 0.1) is 18.5 Å². The first-order valence-electron chi connectivity index (χ1n) is 6.49. The maximum absolute atomic E-state index is 12.2. The fourth-order valence-electron chi connectivity index (χ4n) is 2.29. The number of nitrogens with two attached hydrogens (primary N) is 1. The van der Waals surface area contributed by atoms with E-state index < -0.39 is 10.0 Å². The van der Waals surface area contributed by atoms with Gasteiger partial charge >= 0.3 is 0 Å². The zero-order valence-electron chi connectivity index (χ0n) is 11.8. The highest BCUT2D eigenvalue weighted by Crippen LogP contribution is 2.43. The summed E-state index contributed by atoms with van der Waals surface area (Å²) in [5, 5.41) is 0. The number of hydrogen-bond acceptors (Lipinski definition) is 6. The molecule has 8 heteroatoms. The van der Waals surface area contributed by atoms with E-state index in [4.69, 9.17) is 10.5 Å². The SMILES string of the molecule is CCOC1CC(NS(=O)(=O)c2cnc(N)nc2)C1(C)C. The molecule has 1 heterocycles. The molecular weight excluding hydrogens is 280 g/mol. The minimum atomic E-state index is -3.63. The van der Waals surface area contributed by atoms with Crippen molar-refractivity contribution in [2.75, 3.05) is 12.3 Å². The molecule has 2 atom stereocenters. The molecule has 0 saturated heterocycles. The maximum atomic E-state index is 12.2. The van der Waals surface area contributed by atoms with Gasteiger partial charge in [-0.2, -0.15) is 0 Å². The van der Waals surface area contributed by atoms with Crippen molar-refractivity contribution in [2.24, 2.45) is 5.41 Å². The van der Waals surface area contributed by atoms with Crippen LogP contribution in [0.5, 0.6) is 0 Å². The molecule has 0 aliphatic heterocycles. The number of sulfonamides is 1. The summed E-state index contributed by atoms with van der Waals surface area (Å²) >= 11 is 0. The second-order valence-corrected chi connectivity index (χ2v) is 7.17. The Labute approximate surface area is 119 Å². The molecule has 1 aliphatic rings. The Morgan fingerprint density at radius 2 is 2.05 bits per heavy atom. The van der Waals surface area contributed by atoms with Crippen LogP contribution in [0.25, 0.3) is 0 Å². The first-order valence-corrected chi connectivity index (χ1v) is 7.97. The van der Waals surface area contributed by atoms with Crippen LogP contribution in [0.4, 0.5) is 5.95 Å². The predicted molar refractivity (Wildman–Crippen MR) is 74.4 cm³/mol. The molecule has 7 nitrogen and oxygen atoms in total. The van der Waals surface area contributed by atoms with Crippen LogP contribution in [0.3, 0.4) is 0 Å². The Bertz CT molecular complexity index is 571. The second kappa shape index (κ2) is 5.27. The molecule has 1 aliphatic carbocycles. The van der Waals surface area contributed by atoms with E-state index in [0.717, 1.165) is 0 Å². The van der Waals surface area contributed by atoms with Crippen LogP contribution in [0.15, 0.2) is 17.3 Å². The van der Waals surface area contributed by atoms with Gasteiger partial charge in [-0.3, -0.25) is 0 Å². The Kier molecular flexibility index (Phi) is 3.99. The quantitative estimate of drug-likeness (QED) is 0.822. The first-order chi connectivity index (χ1) is 9.27. The van der Waals surface area contributed by atoms with E-state index in [1.54, 1.807) is 0 Å². The van der Waals surface area contributed by atoms with Gasteiger partial charge in [-0.05, 0) is 13.3 Å². The van der Waals surface area contributed by atoms with Crippen LogP contribution in [-0.4, -0.2) is 37.1 Å². The van der Waals surface area contributed by atoms with Gasteiger partial charge in [-0.25, -0.2) is 23.1 Å². The van der Waals surface area contributed by atoms with Crippen LogP contribution < -0.4 is 10.5 Å². The highest BCUT2D eigenvalue weighted by molar-refractivity contribution is 7.89. The monoisotopic (exact) mass is 300 g/mol. The molecule has 0 radical (unpaired) electrons. The zero-order chi connectivity index (χ0) is 15.0. The van der Waals surface area contributed by atoms with Crippen molar-refractivity contribution in [1.29, 1.82) is 0 Å². The lowest BCUT2D eigenvalue weighted by molar-refractivity contribution is -0.108. The summed E-state index contributed by atoms with van der Waals surface area (Å²) in [7, 11) is -3.63. The molecule has 112 valence electrons. The number of ether oxygens (including phenoxy) is 1. The fourth-order valence-corrected chi connectivity index (χ4v) is 3.58. The zero-order valence-corrected chi connectivity index (χ0v) is 12.6. The van der Waals surface area contributed by atoms with Crippen molar-refractivity contribution in [3.05, 3.63) is 12.4 Å². The number of hydrogen-bond donors (Lipinski definition) is 2. The molecule has 0 amide bonds. The van der Waals surface area contributed by atoms with Crippen molar-refractivity contribution in [3.8, 4) is 0 Å². The molecule has 1 fully saturated rings. The molecule has 3 N–H and O–H groups in total. The molecular formula is C12H20N4O3S. The Hall–Kier alpha value is -1.25. The average Bonchev–Trinajstić information content (AvgIpc) is 2.38. The summed E-state index contributed by atoms with van der Waals surface area (Å²) in [6.45, 7) is 6.53. The van der Waals surface area contributed by atoms with Gasteiger partial charge < -0.3 is 10.5 Å². The normalized spacial score (nSPS) is 25.1. The average molecular weight is 300 g/mol. The van der Waals surface area contributed by atoms with E-state index in [1.165, 1.54) is 12.4 Å². The van der Waals surface area contributed by atoms with Crippen molar-refractivity contribution in [3.63, 3.8) is 0 Å². The van der Waals surface area contributed by atoms with E-state index >= 15 is 0 Å². The van der Waals surface area contributed by atoms with Crippen molar-refractivity contribution in [2.45, 2.75) is 44.2 Å². The van der Waals surface area contributed by atoms with Crippen molar-refractivity contribution >= 4 is 16.0 Å². The first kappa shape index (κ1) is 15.1. The Balaban J connectivity index is 2.09. The smallest absolute Gasteiger partial charge is 0.243 e. The summed E-state index contributed by atoms with van der Waals surface area (Å²) in [5.41, 5.74) is 5.11. The standard InChI is InChI=1S/C12H20N4O3S/c1-4-19-10-5-9(12(10,2)3)16-20(17,18)8-6-14-11(13)15-7-8/h6-7,9-10,16H,4-5H2,1-3H3,(H2,13,14,15). The molecule has 20 heavy (non-hydrogen) atoms. The third-order valence-corrected chi connectivity index (χ3v) is 5.23. The largest absolute Gasteiger partial charge is 0.378 e. The lowest BCUT2D eigenvalue weighted by atomic mass is 9.65. The summed E-state index contributed by atoms with van der Waals surface area (Å²) in [6.07, 6.45) is 3.14. The predicted octanol–water partition coefficient (Wildman–Crippen LogP) is 0.541. The number of nitrogens with zero attached hydrogens (tertiary/aromatic N) is 2. The number of nitrogen functional groups attached to an aromatic ring is 1. The van der Waals surface area contributed by atoms with Crippen molar-refractivity contribution < 1.29 is 13.2 Å². The third-order valence-electron chi connectivity index (χ3n) is 3.80. The van der Waals surface area contributed by atoms with Gasteiger partial charge in [0.1, 0.15) is 4.90 Å². The highest BCUT2D eigenvalue weighted by Gasteiger charge is 2.50. The summed E-state index contributed by atoms with van der Waals surface area (Å²) in [6, 6.07) is -0.165. The van der Waals surface area contributed by atoms with E-state index in [-0.39, 0.29) is 28.4 Å². The van der Waals surface area contributed by atoms with Gasteiger partial charge in [0.25, 0.3) is 0 Å². The fraction of sp³-hybridized carbons (Fsp3) is 0.667. The second-order valence-electron chi connectivity index (χ2n) is 5.45. The molecule has 0 aromatic carbocycles. The van der Waals surface area contributed by atoms with Crippen LogP contribution in [-0.2, 0) is 14.8 Å². The minimum Gasteiger partial charge on any atom is -0.378 e. The molecule has 1 aromatic rings. The van der Waals surface area contributed by atoms with Crippen LogP contribution in [0.1, 0.15) is 27.2 Å². The van der Waals surface area contributed by atoms with Gasteiger partial charge in [-0.15, -0.1) is 0 Å². The number of rotatable bonds is 5. The molecule has 0 spiro atoms. The lowest BCUT2D eigenvalue weighted by Crippen LogP contribution is -2.61. The van der Waals surface area contributed by atoms with Gasteiger partial charge in [0.15, 0.2) is 0 Å². The summed E-state index contributed by atoms with van der Waals surface area (Å²) in [4.78, 5) is 7.42. The molecule has 1 aromatic heterocycles. The van der Waals surface area contributed by atoms with E-state index in [9.17, 15) is 8.42 Å². The van der Waals surface area contributed by atoms with Crippen LogP contribution >= 0.6 is 0 Å². The molecule has 2 unspecified atom stereocenters. The number of aromatic nitrogens is 2. The van der Waals surface area contributed by atoms with E-state index in [1.807, 2.05) is 20.8 Å². The van der Waals surface area contributed by atoms with E-state index in [0.29, 0.717) is 13.0 Å². The Morgan fingerprint density at radius 1 is 1.45 bits per heavy atom. The maximum Gasteiger partial charge on any atom is 0.243 e. The molecule has 0 bridgehead atoms. The molecule has 1 saturated carbocycles. The highest BCUT2D eigenvalue weighted by atomic mass is 32.2. The third kappa shape index (κ3) is 2.77.